The van der Waals surface area contributed by atoms with Crippen molar-refractivity contribution in [1.29, 1.82) is 0 Å². The summed E-state index contributed by atoms with van der Waals surface area (Å²) in [5, 5.41) is 20.6. The Kier molecular flexibility index (Phi) is 3.02. The highest BCUT2D eigenvalue weighted by Gasteiger charge is 2.12. The van der Waals surface area contributed by atoms with E-state index in [1.54, 1.807) is 0 Å². The molecule has 1 heterocycles. The number of hydrogen-bond acceptors (Lipinski definition) is 4. The van der Waals surface area contributed by atoms with Gasteiger partial charge in [0.2, 0.25) is 0 Å². The van der Waals surface area contributed by atoms with Crippen LogP contribution in [0.5, 0.6) is 0 Å². The zero-order valence-corrected chi connectivity index (χ0v) is 7.23. The van der Waals surface area contributed by atoms with Gasteiger partial charge in [-0.3, -0.25) is 0 Å². The molecule has 72 valence electrons. The zero-order valence-electron chi connectivity index (χ0n) is 7.23. The standard InChI is InChI=1S/C8H11NO4/c1-5(4-10)2-6-3-7(8(11)12)9-13-6/h3,5,10H,2,4H2,1H3,(H,11,12). The molecule has 0 spiro atoms. The van der Waals surface area contributed by atoms with Gasteiger partial charge < -0.3 is 14.7 Å². The Bertz CT molecular complexity index is 294. The molecule has 0 amide bonds. The van der Waals surface area contributed by atoms with Gasteiger partial charge in [0.15, 0.2) is 5.69 Å². The van der Waals surface area contributed by atoms with Gasteiger partial charge in [-0.1, -0.05) is 12.1 Å². The van der Waals surface area contributed by atoms with E-state index in [-0.39, 0.29) is 18.2 Å². The molecule has 0 saturated carbocycles. The maximum atomic E-state index is 10.4. The van der Waals surface area contributed by atoms with E-state index in [0.29, 0.717) is 12.2 Å². The van der Waals surface area contributed by atoms with E-state index in [9.17, 15) is 4.79 Å². The predicted octanol–water partition coefficient (Wildman–Crippen LogP) is 0.544. The molecule has 0 bridgehead atoms. The highest BCUT2D eigenvalue weighted by Crippen LogP contribution is 2.09. The number of hydrogen-bond donors (Lipinski definition) is 2. The smallest absolute Gasteiger partial charge is 0.358 e. The Morgan fingerprint density at radius 3 is 2.92 bits per heavy atom. The fourth-order valence-corrected chi connectivity index (χ4v) is 0.918. The number of aromatic nitrogens is 1. The number of carbonyl (C=O) groups is 1. The number of rotatable bonds is 4. The minimum atomic E-state index is -1.10. The summed E-state index contributed by atoms with van der Waals surface area (Å²) >= 11 is 0. The first-order valence-electron chi connectivity index (χ1n) is 3.93. The lowest BCUT2D eigenvalue weighted by atomic mass is 10.1. The molecular formula is C8H11NO4. The van der Waals surface area contributed by atoms with E-state index in [4.69, 9.17) is 14.7 Å². The summed E-state index contributed by atoms with van der Waals surface area (Å²) in [5.74, 6) is -0.569. The molecule has 13 heavy (non-hydrogen) atoms. The van der Waals surface area contributed by atoms with Crippen LogP contribution in [0.2, 0.25) is 0 Å². The van der Waals surface area contributed by atoms with Gasteiger partial charge in [-0.25, -0.2) is 4.79 Å². The molecule has 0 aromatic carbocycles. The average Bonchev–Trinajstić information content (AvgIpc) is 2.52. The van der Waals surface area contributed by atoms with E-state index in [2.05, 4.69) is 5.16 Å². The lowest BCUT2D eigenvalue weighted by Crippen LogP contribution is -2.03. The average molecular weight is 185 g/mol. The molecule has 0 radical (unpaired) electrons. The van der Waals surface area contributed by atoms with Crippen LogP contribution in [0, 0.1) is 5.92 Å². The number of carboxylic acid groups (broad SMARTS) is 1. The fourth-order valence-electron chi connectivity index (χ4n) is 0.918. The largest absolute Gasteiger partial charge is 0.476 e. The van der Waals surface area contributed by atoms with E-state index < -0.39 is 5.97 Å². The Hall–Kier alpha value is -1.36. The highest BCUT2D eigenvalue weighted by atomic mass is 16.5. The Morgan fingerprint density at radius 1 is 1.77 bits per heavy atom. The summed E-state index contributed by atoms with van der Waals surface area (Å²) in [7, 11) is 0. The van der Waals surface area contributed by atoms with Gasteiger partial charge in [-0.05, 0) is 5.92 Å². The second-order valence-electron chi connectivity index (χ2n) is 2.98. The van der Waals surface area contributed by atoms with Gasteiger partial charge in [0, 0.05) is 19.1 Å². The van der Waals surface area contributed by atoms with Crippen molar-refractivity contribution in [2.75, 3.05) is 6.61 Å². The lowest BCUT2D eigenvalue weighted by Gasteiger charge is -2.01. The number of nitrogens with zero attached hydrogens (tertiary/aromatic N) is 1. The molecule has 1 unspecified atom stereocenters. The molecule has 0 fully saturated rings. The van der Waals surface area contributed by atoms with Crippen molar-refractivity contribution in [3.8, 4) is 0 Å². The molecule has 5 nitrogen and oxygen atoms in total. The number of aromatic carboxylic acids is 1. The second kappa shape index (κ2) is 4.04. The van der Waals surface area contributed by atoms with Crippen molar-refractivity contribution in [2.24, 2.45) is 5.92 Å². The first kappa shape index (κ1) is 9.73. The number of aliphatic hydroxyl groups is 1. The maximum absolute atomic E-state index is 10.4. The monoisotopic (exact) mass is 185 g/mol. The third-order valence-corrected chi connectivity index (χ3v) is 1.64. The first-order chi connectivity index (χ1) is 6.13. The van der Waals surface area contributed by atoms with Crippen LogP contribution in [0.1, 0.15) is 23.2 Å². The van der Waals surface area contributed by atoms with Gasteiger partial charge in [0.1, 0.15) is 5.76 Å². The molecule has 1 aromatic heterocycles. The maximum Gasteiger partial charge on any atom is 0.358 e. The molecular weight excluding hydrogens is 174 g/mol. The van der Waals surface area contributed by atoms with Gasteiger partial charge in [0.25, 0.3) is 0 Å². The molecule has 1 rings (SSSR count). The molecule has 0 aliphatic carbocycles. The van der Waals surface area contributed by atoms with E-state index >= 15 is 0 Å². The van der Waals surface area contributed by atoms with E-state index in [1.165, 1.54) is 6.07 Å². The lowest BCUT2D eigenvalue weighted by molar-refractivity contribution is 0.0685. The summed E-state index contributed by atoms with van der Waals surface area (Å²) in [4.78, 5) is 10.4. The summed E-state index contributed by atoms with van der Waals surface area (Å²) in [5.41, 5.74) is -0.0971. The van der Waals surface area contributed by atoms with E-state index in [1.807, 2.05) is 6.92 Å². The van der Waals surface area contributed by atoms with Crippen LogP contribution >= 0.6 is 0 Å². The van der Waals surface area contributed by atoms with Gasteiger partial charge in [-0.15, -0.1) is 0 Å². The molecule has 0 aliphatic rings. The predicted molar refractivity (Wildman–Crippen MR) is 43.4 cm³/mol. The van der Waals surface area contributed by atoms with Gasteiger partial charge >= 0.3 is 5.97 Å². The third-order valence-electron chi connectivity index (χ3n) is 1.64. The van der Waals surface area contributed by atoms with Crippen molar-refractivity contribution in [3.63, 3.8) is 0 Å². The van der Waals surface area contributed by atoms with Crippen LogP contribution in [0.25, 0.3) is 0 Å². The highest BCUT2D eigenvalue weighted by molar-refractivity contribution is 5.85. The van der Waals surface area contributed by atoms with Crippen LogP contribution in [-0.2, 0) is 6.42 Å². The first-order valence-corrected chi connectivity index (χ1v) is 3.93. The second-order valence-corrected chi connectivity index (χ2v) is 2.98. The van der Waals surface area contributed by atoms with Crippen LogP contribution < -0.4 is 0 Å². The van der Waals surface area contributed by atoms with Crippen molar-refractivity contribution in [2.45, 2.75) is 13.3 Å². The van der Waals surface area contributed by atoms with Crippen LogP contribution in [0.3, 0.4) is 0 Å². The molecule has 5 heteroatoms. The minimum absolute atomic E-state index is 0.0447. The van der Waals surface area contributed by atoms with Crippen molar-refractivity contribution < 1.29 is 19.5 Å². The third kappa shape index (κ3) is 2.55. The molecule has 1 atom stereocenters. The quantitative estimate of drug-likeness (QED) is 0.715. The molecule has 2 N–H and O–H groups in total. The molecule has 0 aliphatic heterocycles. The summed E-state index contributed by atoms with van der Waals surface area (Å²) < 4.78 is 4.76. The minimum Gasteiger partial charge on any atom is -0.476 e. The van der Waals surface area contributed by atoms with Crippen LogP contribution in [0.4, 0.5) is 0 Å². The van der Waals surface area contributed by atoms with Crippen molar-refractivity contribution in [3.05, 3.63) is 17.5 Å². The SMILES string of the molecule is CC(CO)Cc1cc(C(=O)O)no1. The Balaban J connectivity index is 2.64. The molecule has 1 aromatic rings. The summed E-state index contributed by atoms with van der Waals surface area (Å²) in [6.45, 7) is 1.88. The topological polar surface area (TPSA) is 83.6 Å². The zero-order chi connectivity index (χ0) is 9.84. The normalized spacial score (nSPS) is 12.8. The summed E-state index contributed by atoms with van der Waals surface area (Å²) in [6, 6.07) is 1.37. The van der Waals surface area contributed by atoms with E-state index in [0.717, 1.165) is 0 Å². The van der Waals surface area contributed by atoms with Crippen LogP contribution in [-0.4, -0.2) is 27.9 Å². The van der Waals surface area contributed by atoms with Crippen molar-refractivity contribution in [1.82, 2.24) is 5.16 Å². The van der Waals surface area contributed by atoms with Gasteiger partial charge in [0.05, 0.1) is 0 Å². The fraction of sp³-hybridized carbons (Fsp3) is 0.500. The number of aliphatic hydroxyl groups excluding tert-OH is 1. The van der Waals surface area contributed by atoms with Crippen LogP contribution in [0.15, 0.2) is 10.6 Å². The number of carboxylic acids is 1. The van der Waals surface area contributed by atoms with Gasteiger partial charge in [-0.2, -0.15) is 0 Å². The Morgan fingerprint density at radius 2 is 2.46 bits per heavy atom. The summed E-state index contributed by atoms with van der Waals surface area (Å²) in [6.07, 6.45) is 0.497. The molecule has 0 saturated heterocycles. The Labute approximate surface area is 75.0 Å². The van der Waals surface area contributed by atoms with Crippen molar-refractivity contribution >= 4 is 5.97 Å².